The molecule has 9 heteroatoms. The molecule has 0 rings (SSSR count). The summed E-state index contributed by atoms with van der Waals surface area (Å²) in [5.41, 5.74) is 0. The summed E-state index contributed by atoms with van der Waals surface area (Å²) in [6.45, 7) is 0. The van der Waals surface area contributed by atoms with Crippen LogP contribution in [0.1, 0.15) is 0 Å². The average molecular weight is 2140 g/mol. The molecule has 0 heterocycles. The van der Waals surface area contributed by atoms with E-state index >= 15 is 0 Å². The number of hydrogen-bond donors (Lipinski definition) is 0. The van der Waals surface area contributed by atoms with Gasteiger partial charge in [-0.1, -0.05) is 0 Å². The summed E-state index contributed by atoms with van der Waals surface area (Å²) in [6.07, 6.45) is 0. The smallest absolute Gasteiger partial charge is 0 e. The van der Waals surface area contributed by atoms with Gasteiger partial charge in [-0.05, 0) is 0 Å². The fraction of sp³-hybridized carbons (Fsp3) is 0. The monoisotopic (exact) mass is 2140 g/mol. The van der Waals surface area contributed by atoms with E-state index in [2.05, 4.69) is 0 Å². The van der Waals surface area contributed by atoms with Gasteiger partial charge in [0.2, 0.25) is 0 Å². The summed E-state index contributed by atoms with van der Waals surface area (Å²) in [5, 5.41) is 0. The van der Waals surface area contributed by atoms with Gasteiger partial charge in [-0.15, -0.1) is 0 Å². The van der Waals surface area contributed by atoms with Gasteiger partial charge in [0.1, 0.15) is 0 Å². The Hall–Kier alpha value is 9.47. The second kappa shape index (κ2) is 52.8. The van der Waals surface area contributed by atoms with Crippen LogP contribution in [0, 0.1) is 280 Å². The molecule has 0 saturated carbocycles. The minimum absolute atomic E-state index is 0. The molecule has 0 aromatic heterocycles. The topological polar surface area (TPSA) is 0 Å². The SMILES string of the molecule is [U].[U].[U].[U].[U].[U].[U].[U].[U]. The van der Waals surface area contributed by atoms with E-state index < -0.39 is 0 Å². The normalized spacial score (nSPS) is 0. The fourth-order valence-corrected chi connectivity index (χ4v) is 0. The maximum Gasteiger partial charge on any atom is 0 e. The molecule has 0 aliphatic carbocycles. The maximum absolute atomic E-state index is 0. The standard InChI is InChI=1S/9U. The number of hydrogen-bond acceptors (Lipinski definition) is 0. The largest absolute Gasteiger partial charge is 0 e. The van der Waals surface area contributed by atoms with Crippen LogP contribution in [0.5, 0.6) is 0 Å². The van der Waals surface area contributed by atoms with Crippen LogP contribution in [0.15, 0.2) is 0 Å². The van der Waals surface area contributed by atoms with Crippen LogP contribution < -0.4 is 0 Å². The first-order valence-corrected chi connectivity index (χ1v) is 0. The summed E-state index contributed by atoms with van der Waals surface area (Å²) in [6, 6.07) is 0. The first kappa shape index (κ1) is 62.9. The molecule has 0 nitrogen and oxygen atoms in total. The van der Waals surface area contributed by atoms with Crippen LogP contribution >= 0.6 is 0 Å². The Bertz CT molecular complexity index is 0. The van der Waals surface area contributed by atoms with Gasteiger partial charge in [-0.25, -0.2) is 0 Å². The molecule has 0 bridgehead atoms. The zero-order valence-corrected chi connectivity index (χ0v) is 42.0. The van der Waals surface area contributed by atoms with Crippen molar-refractivity contribution in [3.63, 3.8) is 0 Å². The van der Waals surface area contributed by atoms with Gasteiger partial charge in [-0.2, -0.15) is 0 Å². The Balaban J connectivity index is 0. The first-order chi connectivity index (χ1) is 0. The Morgan fingerprint density at radius 1 is 0.111 bits per heavy atom. The average Bonchev–Trinajstić information content (AvgIpc) is 0. The van der Waals surface area contributed by atoms with E-state index in [1.807, 2.05) is 0 Å². The van der Waals surface area contributed by atoms with Crippen molar-refractivity contribution >= 4 is 0 Å². The van der Waals surface area contributed by atoms with Gasteiger partial charge >= 0.3 is 0 Å². The van der Waals surface area contributed by atoms with Gasteiger partial charge in [0.05, 0.1) is 0 Å². The molecule has 0 aromatic rings. The molecular formula is U9. The molecule has 0 fully saturated rings. The molecular weight excluding hydrogens is 2140 g/mol. The molecule has 36 valence electrons. The Morgan fingerprint density at radius 3 is 0.111 bits per heavy atom. The van der Waals surface area contributed by atoms with Crippen molar-refractivity contribution in [2.75, 3.05) is 0 Å². The van der Waals surface area contributed by atoms with Crippen LogP contribution in [0.4, 0.5) is 0 Å². The zero-order valence-electron chi connectivity index (χ0n) is 4.50. The van der Waals surface area contributed by atoms with Crippen LogP contribution in [0.2, 0.25) is 0 Å². The summed E-state index contributed by atoms with van der Waals surface area (Å²) in [4.78, 5) is 0. The molecule has 0 radical (unpaired) electrons. The summed E-state index contributed by atoms with van der Waals surface area (Å²) in [7, 11) is 0. The fourth-order valence-electron chi connectivity index (χ4n) is 0. The second-order valence-electron chi connectivity index (χ2n) is 0. The Labute approximate surface area is 270 Å². The van der Waals surface area contributed by atoms with Crippen molar-refractivity contribution in [1.29, 1.82) is 0 Å². The predicted octanol–water partition coefficient (Wildman–Crippen LogP) is 0. The number of rotatable bonds is 0. The molecule has 0 aromatic carbocycles. The van der Waals surface area contributed by atoms with Gasteiger partial charge in [0.15, 0.2) is 0 Å². The van der Waals surface area contributed by atoms with E-state index in [9.17, 15) is 0 Å². The summed E-state index contributed by atoms with van der Waals surface area (Å²) in [5.74, 6) is 0. The molecule has 0 aliphatic heterocycles. The third kappa shape index (κ3) is 46.6. The van der Waals surface area contributed by atoms with Gasteiger partial charge in [0, 0.05) is 280 Å². The minimum atomic E-state index is 0. The Morgan fingerprint density at radius 2 is 0.111 bits per heavy atom. The summed E-state index contributed by atoms with van der Waals surface area (Å²) >= 11 is 0. The van der Waals surface area contributed by atoms with Crippen LogP contribution in [-0.4, -0.2) is 0 Å². The van der Waals surface area contributed by atoms with Crippen molar-refractivity contribution in [3.05, 3.63) is 0 Å². The second-order valence-corrected chi connectivity index (χ2v) is 0. The zero-order chi connectivity index (χ0) is 0. The molecule has 0 aliphatic rings. The molecule has 0 saturated heterocycles. The maximum atomic E-state index is 0. The molecule has 0 N–H and O–H groups in total. The molecule has 0 amide bonds. The van der Waals surface area contributed by atoms with Crippen molar-refractivity contribution in [2.45, 2.75) is 0 Å². The van der Waals surface area contributed by atoms with E-state index in [0.717, 1.165) is 0 Å². The Kier molecular flexibility index (Phi) is 369. The van der Waals surface area contributed by atoms with Crippen molar-refractivity contribution in [3.8, 4) is 0 Å². The van der Waals surface area contributed by atoms with E-state index in [0.29, 0.717) is 0 Å². The third-order valence-electron chi connectivity index (χ3n) is 0. The van der Waals surface area contributed by atoms with Crippen molar-refractivity contribution in [1.82, 2.24) is 0 Å². The molecule has 0 unspecified atom stereocenters. The van der Waals surface area contributed by atoms with Crippen molar-refractivity contribution in [2.24, 2.45) is 0 Å². The quantitative estimate of drug-likeness (QED) is 0.321. The van der Waals surface area contributed by atoms with Gasteiger partial charge < -0.3 is 0 Å². The molecule has 9 heavy (non-hydrogen) atoms. The third-order valence-corrected chi connectivity index (χ3v) is 0. The van der Waals surface area contributed by atoms with Crippen LogP contribution in [0.3, 0.4) is 0 Å². The summed E-state index contributed by atoms with van der Waals surface area (Å²) < 4.78 is 0. The van der Waals surface area contributed by atoms with E-state index in [-0.39, 0.29) is 280 Å². The van der Waals surface area contributed by atoms with Crippen LogP contribution in [-0.2, 0) is 0 Å². The predicted molar refractivity (Wildman–Crippen MR) is 0 cm³/mol. The molecule has 0 atom stereocenters. The van der Waals surface area contributed by atoms with E-state index in [1.54, 1.807) is 0 Å². The van der Waals surface area contributed by atoms with Gasteiger partial charge in [0.25, 0.3) is 0 Å². The first-order valence-electron chi connectivity index (χ1n) is 0. The van der Waals surface area contributed by atoms with E-state index in [4.69, 9.17) is 0 Å². The van der Waals surface area contributed by atoms with E-state index in [1.165, 1.54) is 0 Å². The van der Waals surface area contributed by atoms with Crippen LogP contribution in [0.25, 0.3) is 0 Å². The van der Waals surface area contributed by atoms with Gasteiger partial charge in [-0.3, -0.25) is 0 Å². The minimum Gasteiger partial charge on any atom is 0 e. The van der Waals surface area contributed by atoms with Crippen molar-refractivity contribution < 1.29 is 280 Å². The molecule has 0 spiro atoms.